The molecule has 0 radical (unpaired) electrons. The van der Waals surface area contributed by atoms with Crippen LogP contribution >= 0.6 is 0 Å². The number of amides is 2. The third kappa shape index (κ3) is 5.69. The summed E-state index contributed by atoms with van der Waals surface area (Å²) in [5, 5.41) is 18.7. The molecule has 178 valence electrons. The first-order chi connectivity index (χ1) is 17.6. The number of aromatic hydroxyl groups is 1. The second-order valence-corrected chi connectivity index (χ2v) is 7.94. The normalized spacial score (nSPS) is 10.6. The van der Waals surface area contributed by atoms with Crippen LogP contribution in [-0.4, -0.2) is 16.9 Å². The van der Waals surface area contributed by atoms with Crippen molar-refractivity contribution < 1.29 is 19.1 Å². The predicted molar refractivity (Wildman–Crippen MR) is 136 cm³/mol. The minimum Gasteiger partial charge on any atom is -0.507 e. The van der Waals surface area contributed by atoms with Crippen molar-refractivity contribution in [2.75, 3.05) is 0 Å². The van der Waals surface area contributed by atoms with Crippen LogP contribution in [0.15, 0.2) is 95.6 Å². The average Bonchev–Trinajstić information content (AvgIpc) is 3.35. The van der Waals surface area contributed by atoms with Crippen molar-refractivity contribution in [2.45, 2.75) is 12.8 Å². The molecular weight excluding hydrogens is 454 g/mol. The number of nitrogens with one attached hydrogen (secondary N) is 2. The van der Waals surface area contributed by atoms with Crippen LogP contribution in [0.5, 0.6) is 5.75 Å². The van der Waals surface area contributed by atoms with Gasteiger partial charge in [0.05, 0.1) is 11.8 Å². The van der Waals surface area contributed by atoms with Crippen LogP contribution in [0.2, 0.25) is 0 Å². The maximum Gasteiger partial charge on any atom is 0.306 e. The number of phenolic OH excluding ortho intramolecular Hbond substituents is 1. The summed E-state index contributed by atoms with van der Waals surface area (Å²) in [6.45, 7) is 0. The fourth-order valence-electron chi connectivity index (χ4n) is 3.68. The zero-order valence-electron chi connectivity index (χ0n) is 19.3. The number of carbonyl (C=O) groups is 2. The number of nitriles is 1. The van der Waals surface area contributed by atoms with Crippen molar-refractivity contribution in [3.05, 3.63) is 119 Å². The number of rotatable bonds is 7. The van der Waals surface area contributed by atoms with Gasteiger partial charge in [0.15, 0.2) is 0 Å². The molecule has 4 rings (SSSR count). The van der Waals surface area contributed by atoms with Crippen LogP contribution in [0, 0.1) is 11.3 Å². The molecule has 0 atom stereocenters. The summed E-state index contributed by atoms with van der Waals surface area (Å²) >= 11 is 0. The number of nitrogens with zero attached hydrogens (tertiary/aromatic N) is 1. The zero-order chi connectivity index (χ0) is 25.3. The molecule has 0 unspecified atom stereocenters. The van der Waals surface area contributed by atoms with Gasteiger partial charge in [0.2, 0.25) is 5.76 Å². The van der Waals surface area contributed by atoms with Gasteiger partial charge in [-0.05, 0) is 42.2 Å². The van der Waals surface area contributed by atoms with Crippen molar-refractivity contribution in [1.29, 1.82) is 5.26 Å². The van der Waals surface area contributed by atoms with Gasteiger partial charge >= 0.3 is 5.91 Å². The third-order valence-electron chi connectivity index (χ3n) is 5.50. The molecule has 0 aliphatic heterocycles. The van der Waals surface area contributed by atoms with Crippen LogP contribution in [0.4, 0.5) is 0 Å². The molecule has 3 aromatic carbocycles. The van der Waals surface area contributed by atoms with E-state index in [0.717, 1.165) is 24.0 Å². The van der Waals surface area contributed by atoms with Gasteiger partial charge in [-0.25, -0.2) is 0 Å². The largest absolute Gasteiger partial charge is 0.507 e. The highest BCUT2D eigenvalue weighted by Crippen LogP contribution is 2.31. The third-order valence-corrected chi connectivity index (χ3v) is 5.50. The van der Waals surface area contributed by atoms with E-state index in [1.54, 1.807) is 6.07 Å². The average molecular weight is 478 g/mol. The van der Waals surface area contributed by atoms with Crippen molar-refractivity contribution in [1.82, 2.24) is 10.9 Å². The molecule has 3 N–H and O–H groups in total. The zero-order valence-corrected chi connectivity index (χ0v) is 19.3. The predicted octanol–water partition coefficient (Wildman–Crippen LogP) is 5.24. The van der Waals surface area contributed by atoms with Crippen molar-refractivity contribution in [3.63, 3.8) is 0 Å². The van der Waals surface area contributed by atoms with Crippen LogP contribution in [0.25, 0.3) is 17.2 Å². The Labute approximate surface area is 208 Å². The second kappa shape index (κ2) is 11.4. The van der Waals surface area contributed by atoms with Gasteiger partial charge in [0, 0.05) is 16.7 Å². The fraction of sp³-hybridized carbons (Fsp3) is 0.0690. The highest BCUT2D eigenvalue weighted by molar-refractivity contribution is 6.02. The molecule has 1 heterocycles. The first-order valence-corrected chi connectivity index (χ1v) is 11.3. The van der Waals surface area contributed by atoms with E-state index in [0.29, 0.717) is 5.56 Å². The highest BCUT2D eigenvalue weighted by atomic mass is 16.3. The maximum absolute atomic E-state index is 12.9. The number of allylic oxidation sites excluding steroid dienone is 1. The Bertz CT molecular complexity index is 1430. The van der Waals surface area contributed by atoms with Gasteiger partial charge in [-0.1, -0.05) is 72.8 Å². The molecule has 0 saturated heterocycles. The summed E-state index contributed by atoms with van der Waals surface area (Å²) in [5.74, 6) is -1.46. The summed E-state index contributed by atoms with van der Waals surface area (Å²) in [5.41, 5.74) is 8.12. The summed E-state index contributed by atoms with van der Waals surface area (Å²) in [6, 6.07) is 25.2. The Morgan fingerprint density at radius 2 is 1.64 bits per heavy atom. The van der Waals surface area contributed by atoms with Crippen LogP contribution in [0.3, 0.4) is 0 Å². The van der Waals surface area contributed by atoms with Gasteiger partial charge in [0.25, 0.3) is 5.91 Å². The van der Waals surface area contributed by atoms with Gasteiger partial charge in [-0.2, -0.15) is 5.26 Å². The molecule has 0 spiro atoms. The standard InChI is InChI=1S/C29H23N3O4/c30-18-24-17-22(15-16-25(24)33)28(34)31-32-29(35)27-26(21-12-5-2-6-13-21)23(19-36-27)14-8-7-11-20-9-3-1-4-10-20/h1-6,8-10,12-17,19,33H,7,11H2,(H,31,34)(H,32,35). The lowest BCUT2D eigenvalue weighted by molar-refractivity contribution is 0.0831. The van der Waals surface area contributed by atoms with E-state index in [1.165, 1.54) is 30.0 Å². The Morgan fingerprint density at radius 3 is 2.36 bits per heavy atom. The Balaban J connectivity index is 1.50. The Morgan fingerprint density at radius 1 is 0.944 bits per heavy atom. The molecule has 7 nitrogen and oxygen atoms in total. The number of hydrogen-bond acceptors (Lipinski definition) is 5. The molecule has 0 fully saturated rings. The summed E-state index contributed by atoms with van der Waals surface area (Å²) in [6.07, 6.45) is 7.17. The Kier molecular flexibility index (Phi) is 7.59. The van der Waals surface area contributed by atoms with Crippen molar-refractivity contribution >= 4 is 17.9 Å². The van der Waals surface area contributed by atoms with E-state index in [-0.39, 0.29) is 22.6 Å². The van der Waals surface area contributed by atoms with E-state index in [2.05, 4.69) is 23.0 Å². The molecule has 36 heavy (non-hydrogen) atoms. The summed E-state index contributed by atoms with van der Waals surface area (Å²) in [7, 11) is 0. The minimum atomic E-state index is -0.645. The number of aryl methyl sites for hydroxylation is 1. The number of furan rings is 1. The molecule has 0 bridgehead atoms. The smallest absolute Gasteiger partial charge is 0.306 e. The Hall–Kier alpha value is -5.09. The number of carbonyl (C=O) groups excluding carboxylic acids is 2. The summed E-state index contributed by atoms with van der Waals surface area (Å²) < 4.78 is 5.63. The molecule has 0 aliphatic rings. The monoisotopic (exact) mass is 477 g/mol. The SMILES string of the molecule is N#Cc1cc(C(=O)NNC(=O)c2occ(C=CCCc3ccccc3)c2-c2ccccc2)ccc1O. The van der Waals surface area contributed by atoms with E-state index in [1.807, 2.05) is 60.7 Å². The molecular formula is C29H23N3O4. The fourth-order valence-corrected chi connectivity index (χ4v) is 3.68. The first kappa shape index (κ1) is 24.0. The number of hydrazine groups is 1. The summed E-state index contributed by atoms with van der Waals surface area (Å²) in [4.78, 5) is 25.4. The van der Waals surface area contributed by atoms with E-state index < -0.39 is 11.8 Å². The number of benzene rings is 3. The quantitative estimate of drug-likeness (QED) is 0.315. The molecule has 1 aromatic heterocycles. The van der Waals surface area contributed by atoms with Crippen molar-refractivity contribution in [2.24, 2.45) is 0 Å². The lowest BCUT2D eigenvalue weighted by Gasteiger charge is -2.08. The van der Waals surface area contributed by atoms with E-state index in [9.17, 15) is 14.7 Å². The number of hydrogen-bond donors (Lipinski definition) is 3. The van der Waals surface area contributed by atoms with Gasteiger partial charge < -0.3 is 9.52 Å². The topological polar surface area (TPSA) is 115 Å². The molecule has 0 saturated carbocycles. The van der Waals surface area contributed by atoms with Crippen molar-refractivity contribution in [3.8, 4) is 22.9 Å². The second-order valence-electron chi connectivity index (χ2n) is 7.94. The van der Waals surface area contributed by atoms with Gasteiger partial charge in [-0.15, -0.1) is 0 Å². The maximum atomic E-state index is 12.9. The highest BCUT2D eigenvalue weighted by Gasteiger charge is 2.21. The molecule has 0 aliphatic carbocycles. The van der Waals surface area contributed by atoms with Gasteiger partial charge in [0.1, 0.15) is 11.8 Å². The lowest BCUT2D eigenvalue weighted by atomic mass is 10.0. The molecule has 2 amide bonds. The molecule has 7 heteroatoms. The van der Waals surface area contributed by atoms with Crippen LogP contribution in [-0.2, 0) is 6.42 Å². The molecule has 4 aromatic rings. The first-order valence-electron chi connectivity index (χ1n) is 11.3. The van der Waals surface area contributed by atoms with Crippen LogP contribution < -0.4 is 10.9 Å². The van der Waals surface area contributed by atoms with E-state index in [4.69, 9.17) is 9.68 Å². The van der Waals surface area contributed by atoms with E-state index >= 15 is 0 Å². The minimum absolute atomic E-state index is 0.0462. The lowest BCUT2D eigenvalue weighted by Crippen LogP contribution is -2.41. The van der Waals surface area contributed by atoms with Crippen LogP contribution in [0.1, 0.15) is 44.0 Å². The number of phenols is 1. The van der Waals surface area contributed by atoms with Gasteiger partial charge in [-0.3, -0.25) is 20.4 Å².